The number of hydrogen-bond acceptors (Lipinski definition) is 2. The second-order valence-electron chi connectivity index (χ2n) is 5.30. The quantitative estimate of drug-likeness (QED) is 0.736. The fourth-order valence-corrected chi connectivity index (χ4v) is 2.79. The van der Waals surface area contributed by atoms with Crippen LogP contribution in [0.5, 0.6) is 0 Å². The molecule has 1 unspecified atom stereocenters. The van der Waals surface area contributed by atoms with Crippen LogP contribution in [-0.2, 0) is 0 Å². The van der Waals surface area contributed by atoms with Crippen molar-refractivity contribution in [1.82, 2.24) is 10.2 Å². The van der Waals surface area contributed by atoms with Crippen LogP contribution in [0.2, 0.25) is 0 Å². The summed E-state index contributed by atoms with van der Waals surface area (Å²) in [6, 6.07) is 0.878. The molecular formula is C12H24N2. The van der Waals surface area contributed by atoms with Gasteiger partial charge >= 0.3 is 0 Å². The van der Waals surface area contributed by atoms with E-state index < -0.39 is 0 Å². The maximum atomic E-state index is 3.35. The van der Waals surface area contributed by atoms with Crippen molar-refractivity contribution in [2.24, 2.45) is 11.8 Å². The molecule has 0 aliphatic carbocycles. The molecule has 1 atom stereocenters. The normalized spacial score (nSPS) is 29.8. The summed E-state index contributed by atoms with van der Waals surface area (Å²) < 4.78 is 0. The standard InChI is InChI=1S/C12H24N2/c1-10(2)12-4-3-6-14(12)7-5-11-8-13-9-11/h10-13H,3-9H2,1-2H3. The molecule has 2 heteroatoms. The lowest BCUT2D eigenvalue weighted by atomic mass is 9.97. The summed E-state index contributed by atoms with van der Waals surface area (Å²) in [5, 5.41) is 3.35. The zero-order chi connectivity index (χ0) is 9.97. The summed E-state index contributed by atoms with van der Waals surface area (Å²) in [5.41, 5.74) is 0. The van der Waals surface area contributed by atoms with Gasteiger partial charge in [0.2, 0.25) is 0 Å². The lowest BCUT2D eigenvalue weighted by molar-refractivity contribution is 0.181. The van der Waals surface area contributed by atoms with Gasteiger partial charge in [0.25, 0.3) is 0 Å². The lowest BCUT2D eigenvalue weighted by Gasteiger charge is -2.32. The monoisotopic (exact) mass is 196 g/mol. The number of likely N-dealkylation sites (tertiary alicyclic amines) is 1. The van der Waals surface area contributed by atoms with Crippen molar-refractivity contribution in [1.29, 1.82) is 0 Å². The highest BCUT2D eigenvalue weighted by Gasteiger charge is 2.27. The van der Waals surface area contributed by atoms with Crippen molar-refractivity contribution in [3.63, 3.8) is 0 Å². The second-order valence-corrected chi connectivity index (χ2v) is 5.30. The predicted octanol–water partition coefficient (Wildman–Crippen LogP) is 1.72. The molecule has 2 heterocycles. The number of rotatable bonds is 4. The fraction of sp³-hybridized carbons (Fsp3) is 1.00. The van der Waals surface area contributed by atoms with Crippen molar-refractivity contribution in [3.05, 3.63) is 0 Å². The van der Waals surface area contributed by atoms with E-state index in [1.807, 2.05) is 0 Å². The Labute approximate surface area is 88.1 Å². The first-order valence-electron chi connectivity index (χ1n) is 6.22. The van der Waals surface area contributed by atoms with Crippen LogP contribution in [0, 0.1) is 11.8 Å². The van der Waals surface area contributed by atoms with Crippen LogP contribution in [0.4, 0.5) is 0 Å². The van der Waals surface area contributed by atoms with Crippen LogP contribution in [-0.4, -0.2) is 37.1 Å². The van der Waals surface area contributed by atoms with Crippen molar-refractivity contribution < 1.29 is 0 Å². The highest BCUT2D eigenvalue weighted by molar-refractivity contribution is 4.83. The van der Waals surface area contributed by atoms with Gasteiger partial charge in [0.05, 0.1) is 0 Å². The molecule has 0 aromatic heterocycles. The molecule has 14 heavy (non-hydrogen) atoms. The maximum Gasteiger partial charge on any atom is 0.0119 e. The molecule has 2 rings (SSSR count). The third kappa shape index (κ3) is 2.29. The van der Waals surface area contributed by atoms with Gasteiger partial charge in [-0.15, -0.1) is 0 Å². The molecule has 0 aromatic rings. The molecule has 2 aliphatic rings. The summed E-state index contributed by atoms with van der Waals surface area (Å²) in [5.74, 6) is 1.82. The summed E-state index contributed by atoms with van der Waals surface area (Å²) in [4.78, 5) is 2.73. The largest absolute Gasteiger partial charge is 0.316 e. The van der Waals surface area contributed by atoms with Crippen LogP contribution < -0.4 is 5.32 Å². The lowest BCUT2D eigenvalue weighted by Crippen LogP contribution is -2.44. The van der Waals surface area contributed by atoms with E-state index in [-0.39, 0.29) is 0 Å². The molecular weight excluding hydrogens is 172 g/mol. The zero-order valence-corrected chi connectivity index (χ0v) is 9.63. The van der Waals surface area contributed by atoms with Gasteiger partial charge in [0.15, 0.2) is 0 Å². The minimum atomic E-state index is 0.844. The molecule has 82 valence electrons. The number of hydrogen-bond donors (Lipinski definition) is 1. The van der Waals surface area contributed by atoms with Gasteiger partial charge in [0.1, 0.15) is 0 Å². The maximum absolute atomic E-state index is 3.35. The van der Waals surface area contributed by atoms with E-state index in [1.165, 1.54) is 45.4 Å². The van der Waals surface area contributed by atoms with E-state index in [9.17, 15) is 0 Å². The van der Waals surface area contributed by atoms with Gasteiger partial charge in [-0.3, -0.25) is 0 Å². The van der Waals surface area contributed by atoms with Crippen LogP contribution >= 0.6 is 0 Å². The van der Waals surface area contributed by atoms with E-state index in [2.05, 4.69) is 24.1 Å². The Hall–Kier alpha value is -0.0800. The van der Waals surface area contributed by atoms with Crippen LogP contribution in [0.25, 0.3) is 0 Å². The minimum Gasteiger partial charge on any atom is -0.316 e. The Morgan fingerprint density at radius 1 is 1.36 bits per heavy atom. The Morgan fingerprint density at radius 3 is 2.71 bits per heavy atom. The molecule has 2 nitrogen and oxygen atoms in total. The molecule has 0 amide bonds. The van der Waals surface area contributed by atoms with Gasteiger partial charge in [-0.25, -0.2) is 0 Å². The molecule has 0 saturated carbocycles. The minimum absolute atomic E-state index is 0.844. The molecule has 2 saturated heterocycles. The zero-order valence-electron chi connectivity index (χ0n) is 9.63. The molecule has 2 aliphatic heterocycles. The summed E-state index contributed by atoms with van der Waals surface area (Å²) in [7, 11) is 0. The Kier molecular flexibility index (Phi) is 3.45. The van der Waals surface area contributed by atoms with Crippen LogP contribution in [0.1, 0.15) is 33.1 Å². The molecule has 0 aromatic carbocycles. The van der Waals surface area contributed by atoms with Gasteiger partial charge in [-0.2, -0.15) is 0 Å². The Bertz CT molecular complexity index is 175. The van der Waals surface area contributed by atoms with E-state index in [4.69, 9.17) is 0 Å². The van der Waals surface area contributed by atoms with Gasteiger partial charge in [-0.05, 0) is 57.3 Å². The highest BCUT2D eigenvalue weighted by atomic mass is 15.2. The summed E-state index contributed by atoms with van der Waals surface area (Å²) in [6.45, 7) is 9.96. The summed E-state index contributed by atoms with van der Waals surface area (Å²) in [6.07, 6.45) is 4.27. The third-order valence-corrected chi connectivity index (χ3v) is 3.87. The molecule has 1 N–H and O–H groups in total. The Morgan fingerprint density at radius 2 is 2.14 bits per heavy atom. The second kappa shape index (κ2) is 4.63. The van der Waals surface area contributed by atoms with Crippen molar-refractivity contribution in [3.8, 4) is 0 Å². The molecule has 0 radical (unpaired) electrons. The van der Waals surface area contributed by atoms with E-state index in [1.54, 1.807) is 0 Å². The van der Waals surface area contributed by atoms with Crippen molar-refractivity contribution in [2.75, 3.05) is 26.2 Å². The van der Waals surface area contributed by atoms with Crippen molar-refractivity contribution >= 4 is 0 Å². The number of nitrogens with zero attached hydrogens (tertiary/aromatic N) is 1. The molecule has 0 bridgehead atoms. The number of nitrogens with one attached hydrogen (secondary N) is 1. The van der Waals surface area contributed by atoms with Crippen LogP contribution in [0.15, 0.2) is 0 Å². The van der Waals surface area contributed by atoms with Gasteiger partial charge in [-0.1, -0.05) is 13.8 Å². The van der Waals surface area contributed by atoms with E-state index in [0.29, 0.717) is 0 Å². The van der Waals surface area contributed by atoms with Gasteiger partial charge in [0, 0.05) is 6.04 Å². The molecule has 0 spiro atoms. The van der Waals surface area contributed by atoms with Crippen molar-refractivity contribution in [2.45, 2.75) is 39.2 Å². The average Bonchev–Trinajstić information content (AvgIpc) is 2.49. The van der Waals surface area contributed by atoms with E-state index >= 15 is 0 Å². The van der Waals surface area contributed by atoms with Crippen LogP contribution in [0.3, 0.4) is 0 Å². The third-order valence-electron chi connectivity index (χ3n) is 3.87. The smallest absolute Gasteiger partial charge is 0.0119 e. The first-order chi connectivity index (χ1) is 6.77. The predicted molar refractivity (Wildman–Crippen MR) is 60.4 cm³/mol. The summed E-state index contributed by atoms with van der Waals surface area (Å²) >= 11 is 0. The Balaban J connectivity index is 1.72. The fourth-order valence-electron chi connectivity index (χ4n) is 2.79. The topological polar surface area (TPSA) is 15.3 Å². The average molecular weight is 196 g/mol. The molecule has 2 fully saturated rings. The SMILES string of the molecule is CC(C)C1CCCN1CCC1CNC1. The van der Waals surface area contributed by atoms with Gasteiger partial charge < -0.3 is 10.2 Å². The first-order valence-corrected chi connectivity index (χ1v) is 6.22. The highest BCUT2D eigenvalue weighted by Crippen LogP contribution is 2.24. The van der Waals surface area contributed by atoms with E-state index in [0.717, 1.165) is 17.9 Å². The first kappa shape index (κ1) is 10.4.